The van der Waals surface area contributed by atoms with E-state index in [1.54, 1.807) is 37.5 Å². The highest BCUT2D eigenvalue weighted by Gasteiger charge is 1.99. The SMILES string of the molecule is CCS(=O)(=O)C=Cc1cccnc1. The quantitative estimate of drug-likeness (QED) is 0.737. The van der Waals surface area contributed by atoms with Crippen LogP contribution >= 0.6 is 0 Å². The zero-order valence-electron chi connectivity index (χ0n) is 7.34. The normalized spacial score (nSPS) is 12.1. The molecule has 0 saturated heterocycles. The lowest BCUT2D eigenvalue weighted by molar-refractivity contribution is 0.606. The standard InChI is InChI=1S/C9H11NO2S/c1-2-13(11,12)7-5-9-4-3-6-10-8-9/h3-8H,2H2,1H3. The summed E-state index contributed by atoms with van der Waals surface area (Å²) in [6.07, 6.45) is 4.80. The van der Waals surface area contributed by atoms with Gasteiger partial charge in [-0.05, 0) is 17.7 Å². The maximum Gasteiger partial charge on any atom is 0.171 e. The van der Waals surface area contributed by atoms with E-state index in [9.17, 15) is 8.42 Å². The summed E-state index contributed by atoms with van der Waals surface area (Å²) in [6.45, 7) is 1.61. The van der Waals surface area contributed by atoms with Crippen molar-refractivity contribution < 1.29 is 8.42 Å². The average Bonchev–Trinajstić information content (AvgIpc) is 2.17. The van der Waals surface area contributed by atoms with Gasteiger partial charge in [-0.1, -0.05) is 13.0 Å². The summed E-state index contributed by atoms with van der Waals surface area (Å²) < 4.78 is 22.1. The van der Waals surface area contributed by atoms with Gasteiger partial charge in [0.1, 0.15) is 0 Å². The Morgan fingerprint density at radius 1 is 1.54 bits per heavy atom. The molecule has 1 rings (SSSR count). The molecular formula is C9H11NO2S. The summed E-state index contributed by atoms with van der Waals surface area (Å²) >= 11 is 0. The highest BCUT2D eigenvalue weighted by Crippen LogP contribution is 2.01. The zero-order chi connectivity index (χ0) is 9.73. The lowest BCUT2D eigenvalue weighted by Crippen LogP contribution is -1.96. The molecule has 0 radical (unpaired) electrons. The zero-order valence-corrected chi connectivity index (χ0v) is 8.16. The van der Waals surface area contributed by atoms with Gasteiger partial charge in [0.15, 0.2) is 9.84 Å². The average molecular weight is 197 g/mol. The van der Waals surface area contributed by atoms with Crippen LogP contribution in [-0.2, 0) is 9.84 Å². The van der Waals surface area contributed by atoms with Crippen molar-refractivity contribution in [2.24, 2.45) is 0 Å². The van der Waals surface area contributed by atoms with E-state index in [-0.39, 0.29) is 5.75 Å². The number of hydrogen-bond donors (Lipinski definition) is 0. The lowest BCUT2D eigenvalue weighted by Gasteiger charge is -1.91. The summed E-state index contributed by atoms with van der Waals surface area (Å²) in [7, 11) is -3.03. The van der Waals surface area contributed by atoms with E-state index in [1.165, 1.54) is 5.41 Å². The monoisotopic (exact) mass is 197 g/mol. The van der Waals surface area contributed by atoms with Gasteiger partial charge in [0, 0.05) is 17.8 Å². The van der Waals surface area contributed by atoms with Crippen LogP contribution in [0.4, 0.5) is 0 Å². The first-order valence-electron chi connectivity index (χ1n) is 3.95. The predicted molar refractivity (Wildman–Crippen MR) is 52.7 cm³/mol. The summed E-state index contributed by atoms with van der Waals surface area (Å²) in [6, 6.07) is 3.56. The minimum atomic E-state index is -3.03. The Balaban J connectivity index is 2.82. The van der Waals surface area contributed by atoms with Gasteiger partial charge < -0.3 is 0 Å². The molecule has 4 heteroatoms. The second-order valence-electron chi connectivity index (χ2n) is 2.54. The molecule has 3 nitrogen and oxygen atoms in total. The van der Waals surface area contributed by atoms with E-state index < -0.39 is 9.84 Å². The minimum Gasteiger partial charge on any atom is -0.264 e. The van der Waals surface area contributed by atoms with E-state index >= 15 is 0 Å². The van der Waals surface area contributed by atoms with Crippen LogP contribution < -0.4 is 0 Å². The molecule has 0 aliphatic heterocycles. The van der Waals surface area contributed by atoms with Gasteiger partial charge in [-0.3, -0.25) is 4.98 Å². The second-order valence-corrected chi connectivity index (χ2v) is 4.72. The molecule has 0 fully saturated rings. The van der Waals surface area contributed by atoms with Crippen molar-refractivity contribution in [1.29, 1.82) is 0 Å². The van der Waals surface area contributed by atoms with Crippen LogP contribution in [0.15, 0.2) is 29.9 Å². The fourth-order valence-corrected chi connectivity index (χ4v) is 1.31. The second kappa shape index (κ2) is 4.18. The number of rotatable bonds is 3. The molecule has 0 N–H and O–H groups in total. The van der Waals surface area contributed by atoms with Gasteiger partial charge in [-0.25, -0.2) is 8.42 Å². The molecule has 0 amide bonds. The Morgan fingerprint density at radius 2 is 2.31 bits per heavy atom. The van der Waals surface area contributed by atoms with Crippen molar-refractivity contribution in [3.8, 4) is 0 Å². The van der Waals surface area contributed by atoms with Crippen LogP contribution in [0.3, 0.4) is 0 Å². The van der Waals surface area contributed by atoms with Crippen molar-refractivity contribution in [2.75, 3.05) is 5.75 Å². The fraction of sp³-hybridized carbons (Fsp3) is 0.222. The number of nitrogens with zero attached hydrogens (tertiary/aromatic N) is 1. The Kier molecular flexibility index (Phi) is 3.19. The van der Waals surface area contributed by atoms with Gasteiger partial charge in [-0.2, -0.15) is 0 Å². The Labute approximate surface area is 78.0 Å². The van der Waals surface area contributed by atoms with Gasteiger partial charge in [0.2, 0.25) is 0 Å². The topological polar surface area (TPSA) is 47.0 Å². The van der Waals surface area contributed by atoms with Crippen molar-refractivity contribution in [2.45, 2.75) is 6.92 Å². The third kappa shape index (κ3) is 3.38. The molecule has 0 spiro atoms. The minimum absolute atomic E-state index is 0.129. The Morgan fingerprint density at radius 3 is 2.85 bits per heavy atom. The molecule has 1 heterocycles. The molecular weight excluding hydrogens is 186 g/mol. The van der Waals surface area contributed by atoms with Crippen LogP contribution in [0.1, 0.15) is 12.5 Å². The van der Waals surface area contributed by atoms with Gasteiger partial charge in [0.05, 0.1) is 5.75 Å². The molecule has 0 atom stereocenters. The summed E-state index contributed by atoms with van der Waals surface area (Å²) in [5.74, 6) is 0.129. The molecule has 1 aromatic rings. The number of aromatic nitrogens is 1. The first kappa shape index (κ1) is 9.92. The number of pyridine rings is 1. The molecule has 0 aliphatic rings. The van der Waals surface area contributed by atoms with Gasteiger partial charge in [-0.15, -0.1) is 0 Å². The first-order chi connectivity index (χ1) is 6.14. The lowest BCUT2D eigenvalue weighted by atomic mass is 10.3. The van der Waals surface area contributed by atoms with E-state index in [1.807, 2.05) is 0 Å². The maximum atomic E-state index is 11.1. The number of hydrogen-bond acceptors (Lipinski definition) is 3. The molecule has 70 valence electrons. The first-order valence-corrected chi connectivity index (χ1v) is 5.66. The highest BCUT2D eigenvalue weighted by atomic mass is 32.2. The smallest absolute Gasteiger partial charge is 0.171 e. The maximum absolute atomic E-state index is 11.1. The molecule has 0 aromatic carbocycles. The van der Waals surface area contributed by atoms with E-state index in [2.05, 4.69) is 4.98 Å². The predicted octanol–water partition coefficient (Wildman–Crippen LogP) is 1.49. The summed E-state index contributed by atoms with van der Waals surface area (Å²) in [4.78, 5) is 3.87. The van der Waals surface area contributed by atoms with Crippen LogP contribution in [0.2, 0.25) is 0 Å². The summed E-state index contributed by atoms with van der Waals surface area (Å²) in [5.41, 5.74) is 0.791. The molecule has 1 aromatic heterocycles. The van der Waals surface area contributed by atoms with Crippen molar-refractivity contribution >= 4 is 15.9 Å². The van der Waals surface area contributed by atoms with Crippen molar-refractivity contribution in [3.05, 3.63) is 35.5 Å². The van der Waals surface area contributed by atoms with Gasteiger partial charge >= 0.3 is 0 Å². The van der Waals surface area contributed by atoms with Gasteiger partial charge in [0.25, 0.3) is 0 Å². The Bertz CT molecular complexity index is 381. The Hall–Kier alpha value is -1.16. The highest BCUT2D eigenvalue weighted by molar-refractivity contribution is 7.94. The fourth-order valence-electron chi connectivity index (χ4n) is 0.753. The molecule has 0 unspecified atom stereocenters. The van der Waals surface area contributed by atoms with E-state index in [4.69, 9.17) is 0 Å². The molecule has 13 heavy (non-hydrogen) atoms. The molecule has 0 bridgehead atoms. The molecule has 0 saturated carbocycles. The third-order valence-corrected chi connectivity index (χ3v) is 2.91. The van der Waals surface area contributed by atoms with E-state index in [0.717, 1.165) is 5.56 Å². The summed E-state index contributed by atoms with van der Waals surface area (Å²) in [5, 5.41) is 1.21. The number of sulfone groups is 1. The van der Waals surface area contributed by atoms with Crippen LogP contribution in [0.25, 0.3) is 6.08 Å². The van der Waals surface area contributed by atoms with Crippen LogP contribution in [-0.4, -0.2) is 19.2 Å². The molecule has 0 aliphatic carbocycles. The third-order valence-electron chi connectivity index (χ3n) is 1.55. The van der Waals surface area contributed by atoms with Crippen LogP contribution in [0, 0.1) is 0 Å². The largest absolute Gasteiger partial charge is 0.264 e. The van der Waals surface area contributed by atoms with Crippen molar-refractivity contribution in [1.82, 2.24) is 4.98 Å². The van der Waals surface area contributed by atoms with Crippen LogP contribution in [0.5, 0.6) is 0 Å². The van der Waals surface area contributed by atoms with Crippen molar-refractivity contribution in [3.63, 3.8) is 0 Å². The van der Waals surface area contributed by atoms with E-state index in [0.29, 0.717) is 0 Å².